The Morgan fingerprint density at radius 3 is 0.308 bits per heavy atom. The van der Waals surface area contributed by atoms with Gasteiger partial charge in [0.2, 0.25) is 0 Å². The van der Waals surface area contributed by atoms with Crippen molar-refractivity contribution < 1.29 is 157 Å². The van der Waals surface area contributed by atoms with Gasteiger partial charge in [-0.2, -0.15) is 0 Å². The van der Waals surface area contributed by atoms with Gasteiger partial charge in [-0.3, -0.25) is 0 Å². The van der Waals surface area contributed by atoms with E-state index < -0.39 is 31.7 Å². The molecule has 12 aromatic rings. The molecule has 0 saturated carbocycles. The van der Waals surface area contributed by atoms with Crippen LogP contribution in [0.1, 0.15) is 25.7 Å². The molecule has 18 heteroatoms. The molecule has 2 saturated heterocycles. The summed E-state index contributed by atoms with van der Waals surface area (Å²) < 4.78 is 54.9. The van der Waals surface area contributed by atoms with Gasteiger partial charge in [0.1, 0.15) is 0 Å². The van der Waals surface area contributed by atoms with E-state index in [-0.39, 0.29) is 120 Å². The smallest absolute Gasteiger partial charge is 0 e. The first-order chi connectivity index (χ1) is 48.8. The van der Waals surface area contributed by atoms with Crippen molar-refractivity contribution in [2.24, 2.45) is 0 Å². The predicted octanol–water partition coefficient (Wildman–Crippen LogP) is 15.1. The van der Waals surface area contributed by atoms with E-state index >= 15 is 0 Å². The Labute approximate surface area is 701 Å². The molecule has 2 radical (unpaired) electrons. The van der Waals surface area contributed by atoms with Crippen molar-refractivity contribution in [3.8, 4) is 0 Å². The Balaban J connectivity index is -0.000000574. The summed E-state index contributed by atoms with van der Waals surface area (Å²) in [5.41, 5.74) is 0. The van der Waals surface area contributed by atoms with Gasteiger partial charge in [0.15, 0.2) is 0 Å². The third kappa shape index (κ3) is 40.0. The normalized spacial score (nSPS) is 10.2. The topological polar surface area (TPSA) is 138 Å². The molecule has 0 aliphatic carbocycles. The molecule has 2 fully saturated rings. The van der Waals surface area contributed by atoms with Gasteiger partial charge in [-0.25, -0.2) is 0 Å². The summed E-state index contributed by atoms with van der Waals surface area (Å²) in [6, 6.07) is 129. The largest absolute Gasteiger partial charge is 0.0622 e. The van der Waals surface area contributed by atoms with Gasteiger partial charge in [-0.15, -0.1) is 0 Å². The van der Waals surface area contributed by atoms with Crippen LogP contribution >= 0.6 is 31.7 Å². The average Bonchev–Trinajstić information content (AvgIpc) is 0.929. The van der Waals surface area contributed by atoms with Crippen LogP contribution in [0.2, 0.25) is 0 Å². The summed E-state index contributed by atoms with van der Waals surface area (Å²) in [4.78, 5) is 0. The molecule has 0 aromatic heterocycles. The molecule has 104 heavy (non-hydrogen) atoms. The maximum Gasteiger partial charge on any atom is 0 e. The van der Waals surface area contributed by atoms with Crippen LogP contribution in [0.5, 0.6) is 0 Å². The van der Waals surface area contributed by atoms with Crippen LogP contribution in [0.3, 0.4) is 0 Å². The molecule has 0 N–H and O–H groups in total. The minimum Gasteiger partial charge on any atom is -0.0622 e. The van der Waals surface area contributed by atoms with E-state index in [1.165, 1.54) is 89.3 Å². The standard InChI is InChI=1S/4C18H15P.2C4H8O.6CO.2Au.2Ni.2Pt/c4*1-4-10-16(11-5-1)19(17-12-6-2-7-13-17)18-14-8-3-9-15-18;2*1-2-4-5-3-1;6*1-2;;;;;;/h4*1-15H;2*1-4H2;;;;;;;;;;;;. The third-order valence-corrected chi connectivity index (χ3v) is 23.6. The van der Waals surface area contributed by atoms with Crippen LogP contribution in [-0.2, 0) is 157 Å². The van der Waals surface area contributed by atoms with Gasteiger partial charge in [0.05, 0.1) is 0 Å². The number of ether oxygens (including phenoxy) is 2. The molecule has 14 rings (SSSR count). The summed E-state index contributed by atoms with van der Waals surface area (Å²) in [5, 5.41) is 16.8. The fraction of sp³-hybridized carbons (Fsp3) is 0.0930. The van der Waals surface area contributed by atoms with E-state index in [1.807, 2.05) is 0 Å². The molecule has 12 aromatic carbocycles. The van der Waals surface area contributed by atoms with Gasteiger partial charge < -0.3 is 9.47 Å². The third-order valence-electron chi connectivity index (χ3n) is 13.8. The zero-order chi connectivity index (χ0) is 70.7. The van der Waals surface area contributed by atoms with Gasteiger partial charge in [0.25, 0.3) is 0 Å². The first-order valence-corrected chi connectivity index (χ1v) is 36.4. The molecule has 2 aliphatic rings. The molecule has 0 spiro atoms. The van der Waals surface area contributed by atoms with E-state index in [2.05, 4.69) is 404 Å². The summed E-state index contributed by atoms with van der Waals surface area (Å²) in [5.74, 6) is 0. The van der Waals surface area contributed by atoms with E-state index in [9.17, 15) is 0 Å². The van der Waals surface area contributed by atoms with Crippen molar-refractivity contribution in [2.75, 3.05) is 26.4 Å². The summed E-state index contributed by atoms with van der Waals surface area (Å²) >= 11 is 0. The fourth-order valence-electron chi connectivity index (χ4n) is 9.73. The average molecular weight is 2260 g/mol. The second-order valence-electron chi connectivity index (χ2n) is 20.0. The first kappa shape index (κ1) is 105. The molecule has 2 heterocycles. The summed E-state index contributed by atoms with van der Waals surface area (Å²) in [6.45, 7) is 31.0. The summed E-state index contributed by atoms with van der Waals surface area (Å²) in [6.07, 6.45) is 5.11. The Morgan fingerprint density at radius 2 is 0.250 bits per heavy atom. The van der Waals surface area contributed by atoms with E-state index in [0.717, 1.165) is 26.4 Å². The predicted molar refractivity (Wildman–Crippen MR) is 404 cm³/mol. The van der Waals surface area contributed by atoms with Crippen molar-refractivity contribution in [1.29, 1.82) is 0 Å². The van der Waals surface area contributed by atoms with Crippen molar-refractivity contribution in [1.82, 2.24) is 0 Å². The Bertz CT molecular complexity index is 3070. The molecule has 0 unspecified atom stereocenters. The van der Waals surface area contributed by atoms with Crippen molar-refractivity contribution in [3.63, 3.8) is 0 Å². The van der Waals surface area contributed by atoms with Crippen molar-refractivity contribution in [2.45, 2.75) is 25.7 Å². The first-order valence-electron chi connectivity index (χ1n) is 31.0. The van der Waals surface area contributed by atoms with Crippen molar-refractivity contribution >= 4 is 95.3 Å². The maximum absolute atomic E-state index is 7.50. The van der Waals surface area contributed by atoms with Crippen LogP contribution < -0.4 is 63.7 Å². The molecule has 0 bridgehead atoms. The molecular weight excluding hydrogens is 2190 g/mol. The zero-order valence-electron chi connectivity index (χ0n) is 56.2. The van der Waals surface area contributed by atoms with Crippen LogP contribution in [0.4, 0.5) is 0 Å². The van der Waals surface area contributed by atoms with Gasteiger partial charge in [-0.05, 0) is 121 Å². The van der Waals surface area contributed by atoms with Crippen LogP contribution in [0.25, 0.3) is 0 Å². The Kier molecular flexibility index (Phi) is 72.4. The van der Waals surface area contributed by atoms with Crippen molar-refractivity contribution in [3.05, 3.63) is 404 Å². The minimum atomic E-state index is -0.446. The number of rotatable bonds is 12. The second kappa shape index (κ2) is 71.8. The molecular formula is C86H76Au2Ni2O8P4Pt2. The van der Waals surface area contributed by atoms with E-state index in [1.54, 1.807) is 0 Å². The second-order valence-corrected chi connectivity index (χ2v) is 28.9. The van der Waals surface area contributed by atoms with Crippen LogP contribution in [-0.4, -0.2) is 26.4 Å². The van der Waals surface area contributed by atoms with Gasteiger partial charge >= 0.3 is 67.8 Å². The van der Waals surface area contributed by atoms with Gasteiger partial charge in [-0.1, -0.05) is 364 Å². The monoisotopic (exact) mass is 2260 g/mol. The van der Waals surface area contributed by atoms with Gasteiger partial charge in [0, 0.05) is 146 Å². The Morgan fingerprint density at radius 1 is 0.173 bits per heavy atom. The fourth-order valence-corrected chi connectivity index (χ4v) is 19.0. The summed E-state index contributed by atoms with van der Waals surface area (Å²) in [7, 11) is -1.78. The van der Waals surface area contributed by atoms with E-state index in [0.29, 0.717) is 0 Å². The van der Waals surface area contributed by atoms with Crippen LogP contribution in [0.15, 0.2) is 364 Å². The quantitative estimate of drug-likeness (QED) is 0.0521. The maximum atomic E-state index is 7.50. The number of hydrogen-bond acceptors (Lipinski definition) is 2. The number of benzene rings is 12. The molecule has 0 atom stereocenters. The zero-order valence-corrected chi connectivity index (χ0v) is 70.7. The Hall–Kier alpha value is -5.44. The molecule has 2 aliphatic heterocycles. The van der Waals surface area contributed by atoms with Crippen LogP contribution in [0, 0.1) is 39.9 Å². The van der Waals surface area contributed by atoms with E-state index in [4.69, 9.17) is 37.4 Å². The SMILES string of the molecule is C1CCOC1.C1CCOC1.[Au].[Au].[C-]#[O+].[C-]#[O+].[C-]#[O+].[C-]#[O+].[C-]#[O+].[C-]#[O+].[Ni].[Ni].[Pt].[Pt].c1ccc(P(c2ccccc2)c2ccccc2)cc1.c1ccc(P(c2ccccc2)c2ccccc2)cc1.c1ccc(P(c2ccccc2)c2ccccc2)cc1.c1ccc(P(c2ccccc2)c2ccccc2)cc1. The molecule has 8 nitrogen and oxygen atoms in total. The molecule has 0 amide bonds. The minimum absolute atomic E-state index is 0. The number of hydrogen-bond donors (Lipinski definition) is 0. The molecule has 550 valence electrons.